The first kappa shape index (κ1) is 12.2. The van der Waals surface area contributed by atoms with Crippen molar-refractivity contribution >= 4 is 43.1 Å². The Balaban J connectivity index is 1.64. The second-order valence-electron chi connectivity index (χ2n) is 8.27. The van der Waals surface area contributed by atoms with E-state index in [0.717, 1.165) is 38.1 Å². The van der Waals surface area contributed by atoms with Crippen molar-refractivity contribution < 1.29 is 12.3 Å². The van der Waals surface area contributed by atoms with E-state index in [1.54, 1.807) is 6.07 Å². The summed E-state index contributed by atoms with van der Waals surface area (Å²) < 4.78 is 75.8. The summed E-state index contributed by atoms with van der Waals surface area (Å²) in [5.41, 5.74) is 2.41. The van der Waals surface area contributed by atoms with Gasteiger partial charge in [-0.1, -0.05) is 127 Å². The maximum Gasteiger partial charge on any atom is 0.0629 e. The predicted molar refractivity (Wildman–Crippen MR) is 147 cm³/mol. The van der Waals surface area contributed by atoms with Gasteiger partial charge in [-0.3, -0.25) is 0 Å². The minimum Gasteiger partial charge on any atom is -0.0622 e. The van der Waals surface area contributed by atoms with Crippen molar-refractivity contribution in [2.75, 3.05) is 0 Å². The van der Waals surface area contributed by atoms with Crippen LogP contribution in [0.3, 0.4) is 0 Å². The molecular formula is C34H22. The van der Waals surface area contributed by atoms with Gasteiger partial charge in [-0.25, -0.2) is 0 Å². The normalized spacial score (nSPS) is 15.2. The molecule has 0 fully saturated rings. The standard InChI is InChI=1S/C34H22/c1-2-11-25(12-3-1)33-28-14-6-8-16-30(28)34(31-17-9-7-15-29(31)33)26-21-20-24-19-18-23-10-4-5-13-27(23)32(24)22-26/h1-22H/i1D,2D,3D,4D,5D,10D,11D,12D,13D. The van der Waals surface area contributed by atoms with Gasteiger partial charge >= 0.3 is 0 Å². The third-order valence-electron chi connectivity index (χ3n) is 6.44. The largest absolute Gasteiger partial charge is 0.0629 e. The third kappa shape index (κ3) is 2.86. The van der Waals surface area contributed by atoms with Crippen molar-refractivity contribution in [3.63, 3.8) is 0 Å². The number of hydrogen-bond donors (Lipinski definition) is 0. The van der Waals surface area contributed by atoms with Gasteiger partial charge in [-0.15, -0.1) is 0 Å². The highest BCUT2D eigenvalue weighted by Gasteiger charge is 2.16. The number of fused-ring (bicyclic) bond motifs is 5. The van der Waals surface area contributed by atoms with Crippen LogP contribution in [0.4, 0.5) is 0 Å². The van der Waals surface area contributed by atoms with Gasteiger partial charge in [0.05, 0.1) is 12.3 Å². The fraction of sp³-hybridized carbons (Fsp3) is 0. The Hall–Kier alpha value is -4.42. The molecule has 0 saturated heterocycles. The van der Waals surface area contributed by atoms with Crippen molar-refractivity contribution in [2.24, 2.45) is 0 Å². The summed E-state index contributed by atoms with van der Waals surface area (Å²) in [6, 6.07) is 22.2. The molecule has 7 aromatic carbocycles. The molecule has 0 amide bonds. The first-order chi connectivity index (χ1) is 20.6. The molecule has 0 bridgehead atoms. The minimum absolute atomic E-state index is 0.0813. The first-order valence-corrected chi connectivity index (χ1v) is 11.1. The molecule has 0 heterocycles. The van der Waals surface area contributed by atoms with E-state index >= 15 is 0 Å². The van der Waals surface area contributed by atoms with E-state index in [4.69, 9.17) is 12.3 Å². The highest BCUT2D eigenvalue weighted by molar-refractivity contribution is 6.22. The smallest absolute Gasteiger partial charge is 0.0622 e. The molecule has 0 atom stereocenters. The topological polar surface area (TPSA) is 0 Å². The van der Waals surface area contributed by atoms with Crippen molar-refractivity contribution in [1.82, 2.24) is 0 Å². The Morgan fingerprint density at radius 2 is 0.912 bits per heavy atom. The Morgan fingerprint density at radius 3 is 1.59 bits per heavy atom. The lowest BCUT2D eigenvalue weighted by Gasteiger charge is -2.18. The zero-order valence-electron chi connectivity index (χ0n) is 27.0. The summed E-state index contributed by atoms with van der Waals surface area (Å²) in [7, 11) is 0. The van der Waals surface area contributed by atoms with Crippen LogP contribution in [0.2, 0.25) is 0 Å². The van der Waals surface area contributed by atoms with E-state index in [9.17, 15) is 0 Å². The zero-order chi connectivity index (χ0) is 30.3. The van der Waals surface area contributed by atoms with E-state index in [0.29, 0.717) is 21.7 Å². The summed E-state index contributed by atoms with van der Waals surface area (Å²) >= 11 is 0. The van der Waals surface area contributed by atoms with Gasteiger partial charge in [-0.2, -0.15) is 0 Å². The molecule has 0 heteroatoms. The van der Waals surface area contributed by atoms with Gasteiger partial charge in [0.1, 0.15) is 0 Å². The molecule has 0 unspecified atom stereocenters. The number of benzene rings is 7. The second-order valence-corrected chi connectivity index (χ2v) is 8.27. The van der Waals surface area contributed by atoms with Gasteiger partial charge in [-0.05, 0) is 71.4 Å². The zero-order valence-corrected chi connectivity index (χ0v) is 18.0. The average Bonchev–Trinajstić information content (AvgIpc) is 3.03. The van der Waals surface area contributed by atoms with E-state index in [1.807, 2.05) is 72.8 Å². The van der Waals surface area contributed by atoms with Crippen LogP contribution in [0.1, 0.15) is 12.3 Å². The molecule has 158 valence electrons. The Bertz CT molecular complexity index is 2260. The van der Waals surface area contributed by atoms with Crippen LogP contribution < -0.4 is 0 Å². The van der Waals surface area contributed by atoms with E-state index < -0.39 is 6.04 Å². The van der Waals surface area contributed by atoms with Crippen LogP contribution in [-0.4, -0.2) is 0 Å². The SMILES string of the molecule is [2H]c1c([2H])c([2H])c(-c2c3ccccc3c(-c3ccc4ccc5c([2H])c([2H])c([2H])c([2H])c5c4c3)c3ccccc23)c([2H])c1[2H]. The Labute approximate surface area is 211 Å². The first-order valence-electron chi connectivity index (χ1n) is 15.6. The third-order valence-corrected chi connectivity index (χ3v) is 6.44. The van der Waals surface area contributed by atoms with E-state index in [1.165, 1.54) is 0 Å². The second kappa shape index (κ2) is 7.57. The van der Waals surface area contributed by atoms with Crippen LogP contribution in [0.15, 0.2) is 133 Å². The van der Waals surface area contributed by atoms with Gasteiger partial charge in [0.25, 0.3) is 0 Å². The summed E-state index contributed by atoms with van der Waals surface area (Å²) in [5, 5.41) is 5.55. The molecule has 0 spiro atoms. The summed E-state index contributed by atoms with van der Waals surface area (Å²) in [5.74, 6) is 0. The van der Waals surface area contributed by atoms with Crippen LogP contribution in [-0.2, 0) is 0 Å². The molecule has 0 N–H and O–H groups in total. The molecule has 0 aliphatic carbocycles. The van der Waals surface area contributed by atoms with Crippen molar-refractivity contribution in [2.45, 2.75) is 0 Å². The monoisotopic (exact) mass is 439 g/mol. The lowest BCUT2D eigenvalue weighted by Crippen LogP contribution is -1.91. The molecular weight excluding hydrogens is 408 g/mol. The minimum atomic E-state index is -0.439. The van der Waals surface area contributed by atoms with E-state index in [-0.39, 0.29) is 53.9 Å². The Kier molecular flexibility index (Phi) is 2.71. The number of rotatable bonds is 2. The molecule has 0 radical (unpaired) electrons. The lowest BCUT2D eigenvalue weighted by atomic mass is 9.85. The van der Waals surface area contributed by atoms with Crippen molar-refractivity contribution in [1.29, 1.82) is 0 Å². The predicted octanol–water partition coefficient (Wildman–Crippen LogP) is 9.63. The lowest BCUT2D eigenvalue weighted by molar-refractivity contribution is 1.66. The Morgan fingerprint density at radius 1 is 0.382 bits per heavy atom. The molecule has 34 heavy (non-hydrogen) atoms. The van der Waals surface area contributed by atoms with Gasteiger partial charge in [0.2, 0.25) is 0 Å². The van der Waals surface area contributed by atoms with Crippen LogP contribution in [0, 0.1) is 0 Å². The van der Waals surface area contributed by atoms with Gasteiger partial charge in [0, 0.05) is 0 Å². The van der Waals surface area contributed by atoms with Crippen molar-refractivity contribution in [3.8, 4) is 22.3 Å². The summed E-state index contributed by atoms with van der Waals surface area (Å²) in [4.78, 5) is 0. The average molecular weight is 440 g/mol. The van der Waals surface area contributed by atoms with Gasteiger partial charge < -0.3 is 0 Å². The van der Waals surface area contributed by atoms with Gasteiger partial charge in [0.15, 0.2) is 0 Å². The fourth-order valence-electron chi connectivity index (χ4n) is 4.99. The van der Waals surface area contributed by atoms with Crippen molar-refractivity contribution in [3.05, 3.63) is 133 Å². The molecule has 0 aromatic heterocycles. The van der Waals surface area contributed by atoms with Crippen LogP contribution in [0.5, 0.6) is 0 Å². The summed E-state index contributed by atoms with van der Waals surface area (Å²) in [6.45, 7) is 0. The molecule has 0 nitrogen and oxygen atoms in total. The maximum atomic E-state index is 8.74. The van der Waals surface area contributed by atoms with E-state index in [2.05, 4.69) is 0 Å². The molecule has 7 aromatic rings. The van der Waals surface area contributed by atoms with Crippen LogP contribution >= 0.6 is 0 Å². The molecule has 0 saturated carbocycles. The molecule has 0 aliphatic rings. The fourth-order valence-corrected chi connectivity index (χ4v) is 4.99. The quantitative estimate of drug-likeness (QED) is 0.186. The molecule has 7 rings (SSSR count). The summed E-state index contributed by atoms with van der Waals surface area (Å²) in [6.07, 6.45) is 0. The molecule has 0 aliphatic heterocycles. The number of hydrogen-bond acceptors (Lipinski definition) is 0. The maximum absolute atomic E-state index is 8.74. The highest BCUT2D eigenvalue weighted by Crippen LogP contribution is 2.44. The van der Waals surface area contributed by atoms with Crippen LogP contribution in [0.25, 0.3) is 65.3 Å². The highest BCUT2D eigenvalue weighted by atomic mass is 14.2.